The Morgan fingerprint density at radius 2 is 1.70 bits per heavy atom. The summed E-state index contributed by atoms with van der Waals surface area (Å²) in [6, 6.07) is 0. The molecule has 0 aromatic carbocycles. The van der Waals surface area contributed by atoms with E-state index in [0.29, 0.717) is 23.0 Å². The maximum absolute atomic E-state index is 13.4. The van der Waals surface area contributed by atoms with E-state index in [1.807, 2.05) is 0 Å². The van der Waals surface area contributed by atoms with Gasteiger partial charge in [0.15, 0.2) is 5.78 Å². The van der Waals surface area contributed by atoms with Crippen molar-refractivity contribution in [1.29, 1.82) is 0 Å². The molecule has 0 aromatic heterocycles. The minimum absolute atomic E-state index is 0.221. The van der Waals surface area contributed by atoms with Gasteiger partial charge in [0.05, 0.1) is 0 Å². The molecule has 0 spiro atoms. The van der Waals surface area contributed by atoms with Crippen molar-refractivity contribution in [3.8, 4) is 0 Å². The molecule has 0 radical (unpaired) electrons. The van der Waals surface area contributed by atoms with Crippen molar-refractivity contribution in [2.45, 2.75) is 113 Å². The Bertz CT molecular complexity index is 703. The van der Waals surface area contributed by atoms with Crippen LogP contribution in [0.3, 0.4) is 0 Å². The second-order valence-electron chi connectivity index (χ2n) is 13.2. The van der Waals surface area contributed by atoms with Gasteiger partial charge in [-0.2, -0.15) is 0 Å². The summed E-state index contributed by atoms with van der Waals surface area (Å²) in [7, 11) is 0. The van der Waals surface area contributed by atoms with Crippen LogP contribution in [0.1, 0.15) is 113 Å². The first-order valence-electron chi connectivity index (χ1n) is 13.3. The highest BCUT2D eigenvalue weighted by atomic mass is 16.1. The Morgan fingerprint density at radius 1 is 0.967 bits per heavy atom. The summed E-state index contributed by atoms with van der Waals surface area (Å²) in [5, 5.41) is 0. The van der Waals surface area contributed by atoms with Crippen molar-refractivity contribution in [2.75, 3.05) is 0 Å². The summed E-state index contributed by atoms with van der Waals surface area (Å²) in [4.78, 5) is 13.4. The van der Waals surface area contributed by atoms with Crippen molar-refractivity contribution in [3.05, 3.63) is 11.6 Å². The fourth-order valence-electron chi connectivity index (χ4n) is 8.92. The van der Waals surface area contributed by atoms with E-state index in [9.17, 15) is 4.79 Å². The molecule has 0 amide bonds. The van der Waals surface area contributed by atoms with Crippen LogP contribution in [0.5, 0.6) is 0 Å². The number of allylic oxidation sites excluding steroid dienone is 2. The van der Waals surface area contributed by atoms with Gasteiger partial charge in [-0.25, -0.2) is 0 Å². The van der Waals surface area contributed by atoms with E-state index in [-0.39, 0.29) is 16.7 Å². The van der Waals surface area contributed by atoms with Crippen LogP contribution in [0.4, 0.5) is 0 Å². The first-order valence-corrected chi connectivity index (χ1v) is 13.3. The number of hydrogen-bond donors (Lipinski definition) is 0. The van der Waals surface area contributed by atoms with Crippen LogP contribution in [-0.4, -0.2) is 5.78 Å². The molecule has 0 saturated heterocycles. The fraction of sp³-hybridized carbons (Fsp3) is 0.897. The van der Waals surface area contributed by atoms with Crippen molar-refractivity contribution < 1.29 is 4.79 Å². The molecule has 1 unspecified atom stereocenters. The third-order valence-electron chi connectivity index (χ3n) is 11.2. The van der Waals surface area contributed by atoms with Gasteiger partial charge < -0.3 is 0 Å². The summed E-state index contributed by atoms with van der Waals surface area (Å²) >= 11 is 0. The quantitative estimate of drug-likeness (QED) is 0.444. The van der Waals surface area contributed by atoms with Gasteiger partial charge in [-0.1, -0.05) is 79.7 Å². The molecule has 4 aliphatic rings. The number of ketones is 1. The zero-order valence-electron chi connectivity index (χ0n) is 21.0. The molecule has 1 heteroatoms. The first-order chi connectivity index (χ1) is 14.0. The molecule has 0 aliphatic heterocycles. The lowest BCUT2D eigenvalue weighted by Crippen LogP contribution is -2.55. The molecule has 30 heavy (non-hydrogen) atoms. The van der Waals surface area contributed by atoms with Crippen molar-refractivity contribution in [1.82, 2.24) is 0 Å². The summed E-state index contributed by atoms with van der Waals surface area (Å²) in [5.41, 5.74) is 2.42. The molecule has 4 aliphatic carbocycles. The van der Waals surface area contributed by atoms with E-state index in [0.717, 1.165) is 24.2 Å². The lowest BCUT2D eigenvalue weighted by Gasteiger charge is -2.61. The Balaban J connectivity index is 1.61. The van der Waals surface area contributed by atoms with Gasteiger partial charge in [0.2, 0.25) is 0 Å². The van der Waals surface area contributed by atoms with Crippen molar-refractivity contribution in [2.24, 2.45) is 51.8 Å². The Hall–Kier alpha value is -0.590. The largest absolute Gasteiger partial charge is 0.295 e. The third-order valence-corrected chi connectivity index (χ3v) is 11.2. The van der Waals surface area contributed by atoms with Crippen LogP contribution in [-0.2, 0) is 4.79 Å². The van der Waals surface area contributed by atoms with E-state index in [1.165, 1.54) is 57.8 Å². The monoisotopic (exact) mass is 412 g/mol. The topological polar surface area (TPSA) is 17.1 Å². The normalized spacial score (nSPS) is 46.8. The molecular formula is C29H48O. The first kappa shape index (κ1) is 22.6. The summed E-state index contributed by atoms with van der Waals surface area (Å²) < 4.78 is 0. The SMILES string of the molecule is CC(C)CCC[C@@H](C)[C@H]1CC[C@@]2(C)C3=CC(=O)[C@H]4C[C@@H](C)CC[C@]4(C)C3CC[C@]12C. The molecule has 0 heterocycles. The van der Waals surface area contributed by atoms with Crippen LogP contribution in [0.2, 0.25) is 0 Å². The number of hydrogen-bond acceptors (Lipinski definition) is 1. The lowest BCUT2D eigenvalue weighted by molar-refractivity contribution is -0.131. The molecule has 0 aromatic rings. The van der Waals surface area contributed by atoms with Gasteiger partial charge in [-0.05, 0) is 90.4 Å². The second kappa shape index (κ2) is 7.77. The maximum atomic E-state index is 13.4. The van der Waals surface area contributed by atoms with Gasteiger partial charge in [0.1, 0.15) is 0 Å². The number of carbonyl (C=O) groups is 1. The van der Waals surface area contributed by atoms with Crippen LogP contribution in [0, 0.1) is 51.8 Å². The van der Waals surface area contributed by atoms with Crippen LogP contribution >= 0.6 is 0 Å². The van der Waals surface area contributed by atoms with Gasteiger partial charge in [-0.3, -0.25) is 4.79 Å². The van der Waals surface area contributed by atoms with E-state index >= 15 is 0 Å². The van der Waals surface area contributed by atoms with E-state index in [2.05, 4.69) is 54.5 Å². The lowest BCUT2D eigenvalue weighted by atomic mass is 9.43. The zero-order valence-corrected chi connectivity index (χ0v) is 21.0. The molecule has 0 bridgehead atoms. The van der Waals surface area contributed by atoms with Gasteiger partial charge in [0.25, 0.3) is 0 Å². The predicted octanol–water partition coefficient (Wildman–Crippen LogP) is 8.23. The second-order valence-corrected chi connectivity index (χ2v) is 13.2. The summed E-state index contributed by atoms with van der Waals surface area (Å²) in [6.07, 6.45) is 15.4. The number of rotatable bonds is 5. The number of carbonyl (C=O) groups excluding carboxylic acids is 1. The number of fused-ring (bicyclic) bond motifs is 5. The molecule has 8 atom stereocenters. The highest BCUT2D eigenvalue weighted by Crippen LogP contribution is 2.72. The highest BCUT2D eigenvalue weighted by molar-refractivity contribution is 5.94. The van der Waals surface area contributed by atoms with Crippen LogP contribution in [0.25, 0.3) is 0 Å². The van der Waals surface area contributed by atoms with Crippen LogP contribution in [0.15, 0.2) is 11.6 Å². The predicted molar refractivity (Wildman–Crippen MR) is 127 cm³/mol. The molecule has 0 N–H and O–H groups in total. The highest BCUT2D eigenvalue weighted by Gasteiger charge is 2.64. The Labute approximate surface area is 186 Å². The van der Waals surface area contributed by atoms with Gasteiger partial charge >= 0.3 is 0 Å². The van der Waals surface area contributed by atoms with Crippen molar-refractivity contribution >= 4 is 5.78 Å². The van der Waals surface area contributed by atoms with Crippen LogP contribution < -0.4 is 0 Å². The maximum Gasteiger partial charge on any atom is 0.159 e. The molecule has 3 saturated carbocycles. The van der Waals surface area contributed by atoms with E-state index in [4.69, 9.17) is 0 Å². The zero-order chi connectivity index (χ0) is 21.9. The fourth-order valence-corrected chi connectivity index (χ4v) is 8.92. The van der Waals surface area contributed by atoms with Gasteiger partial charge in [0, 0.05) is 5.92 Å². The Kier molecular flexibility index (Phi) is 5.85. The minimum Gasteiger partial charge on any atom is -0.295 e. The molecule has 3 fully saturated rings. The molecule has 170 valence electrons. The summed E-state index contributed by atoms with van der Waals surface area (Å²) in [5.74, 6) is 4.59. The molecule has 4 rings (SSSR count). The average Bonchev–Trinajstić information content (AvgIpc) is 2.95. The third kappa shape index (κ3) is 3.27. The standard InChI is InChI=1S/C29H48O/c1-19(2)9-8-10-21(4)22-12-15-29(7)24-18-26(30)25-17-20(3)11-14-27(25,5)23(24)13-16-28(22,29)6/h18-23,25H,8-17H2,1-7H3/t20-,21+,22+,23?,25+,27+,28+,29-/m0/s1. The Morgan fingerprint density at radius 3 is 2.40 bits per heavy atom. The van der Waals surface area contributed by atoms with E-state index in [1.54, 1.807) is 5.57 Å². The molecular weight excluding hydrogens is 364 g/mol. The van der Waals surface area contributed by atoms with Crippen molar-refractivity contribution in [3.63, 3.8) is 0 Å². The van der Waals surface area contributed by atoms with Gasteiger partial charge in [-0.15, -0.1) is 0 Å². The van der Waals surface area contributed by atoms with E-state index < -0.39 is 0 Å². The summed E-state index contributed by atoms with van der Waals surface area (Å²) in [6.45, 7) is 17.3. The minimum atomic E-state index is 0.221. The average molecular weight is 413 g/mol. The smallest absolute Gasteiger partial charge is 0.159 e. The molecule has 1 nitrogen and oxygen atoms in total.